The fourth-order valence-electron chi connectivity index (χ4n) is 2.54. The predicted molar refractivity (Wildman–Crippen MR) is 79.8 cm³/mol. The van der Waals surface area contributed by atoms with Crippen molar-refractivity contribution >= 4 is 17.3 Å². The first kappa shape index (κ1) is 14.9. The van der Waals surface area contributed by atoms with Crippen LogP contribution in [0.2, 0.25) is 0 Å². The van der Waals surface area contributed by atoms with Crippen molar-refractivity contribution in [3.8, 4) is 0 Å². The van der Waals surface area contributed by atoms with Crippen LogP contribution in [-0.2, 0) is 0 Å². The zero-order chi connectivity index (χ0) is 16.4. The van der Waals surface area contributed by atoms with Gasteiger partial charge in [-0.15, -0.1) is 0 Å². The van der Waals surface area contributed by atoms with E-state index in [1.165, 1.54) is 12.1 Å². The number of rotatable bonds is 3. The molecule has 3 rings (SSSR count). The van der Waals surface area contributed by atoms with Gasteiger partial charge in [-0.05, 0) is 6.07 Å². The number of hydrogen-bond acceptors (Lipinski definition) is 5. The van der Waals surface area contributed by atoms with Gasteiger partial charge in [0, 0.05) is 50.1 Å². The lowest BCUT2D eigenvalue weighted by molar-refractivity contribution is -0.384. The highest BCUT2D eigenvalue weighted by atomic mass is 19.1. The van der Waals surface area contributed by atoms with E-state index in [9.17, 15) is 19.3 Å². The van der Waals surface area contributed by atoms with E-state index in [1.807, 2.05) is 4.90 Å². The van der Waals surface area contributed by atoms with Gasteiger partial charge in [-0.25, -0.2) is 0 Å². The van der Waals surface area contributed by atoms with Gasteiger partial charge in [0.2, 0.25) is 5.95 Å². The summed E-state index contributed by atoms with van der Waals surface area (Å²) >= 11 is 0. The summed E-state index contributed by atoms with van der Waals surface area (Å²) in [5.74, 6) is -0.979. The molecule has 120 valence electrons. The molecule has 0 unspecified atom stereocenters. The number of anilines is 1. The van der Waals surface area contributed by atoms with Crippen LogP contribution in [0.25, 0.3) is 0 Å². The molecule has 0 bridgehead atoms. The Balaban J connectivity index is 1.65. The van der Waals surface area contributed by atoms with Crippen LogP contribution in [-0.4, -0.2) is 52.1 Å². The number of piperazine rings is 1. The number of nitrogens with zero attached hydrogens (tertiary/aromatic N) is 4. The number of aromatic amines is 1. The molecule has 2 aromatic rings. The first-order valence-corrected chi connectivity index (χ1v) is 7.04. The maximum absolute atomic E-state index is 12.9. The van der Waals surface area contributed by atoms with Gasteiger partial charge in [-0.2, -0.15) is 9.49 Å². The zero-order valence-corrected chi connectivity index (χ0v) is 12.1. The molecule has 1 aliphatic rings. The van der Waals surface area contributed by atoms with Gasteiger partial charge in [0.1, 0.15) is 0 Å². The molecule has 1 aromatic heterocycles. The second-order valence-corrected chi connectivity index (χ2v) is 5.16. The van der Waals surface area contributed by atoms with Crippen molar-refractivity contribution in [2.45, 2.75) is 0 Å². The van der Waals surface area contributed by atoms with Crippen LogP contribution < -0.4 is 4.90 Å². The number of aromatic nitrogens is 2. The van der Waals surface area contributed by atoms with E-state index < -0.39 is 10.9 Å². The van der Waals surface area contributed by atoms with Crippen LogP contribution >= 0.6 is 0 Å². The molecular weight excluding hydrogens is 305 g/mol. The molecule has 1 N–H and O–H groups in total. The quantitative estimate of drug-likeness (QED) is 0.682. The lowest BCUT2D eigenvalue weighted by Crippen LogP contribution is -2.48. The lowest BCUT2D eigenvalue weighted by Gasteiger charge is -2.35. The van der Waals surface area contributed by atoms with Crippen LogP contribution in [0.5, 0.6) is 0 Å². The zero-order valence-electron chi connectivity index (χ0n) is 12.1. The number of amides is 1. The van der Waals surface area contributed by atoms with Gasteiger partial charge in [0.25, 0.3) is 11.6 Å². The van der Waals surface area contributed by atoms with Crippen molar-refractivity contribution in [3.63, 3.8) is 0 Å². The van der Waals surface area contributed by atoms with E-state index in [-0.39, 0.29) is 17.3 Å². The van der Waals surface area contributed by atoms with Gasteiger partial charge >= 0.3 is 0 Å². The van der Waals surface area contributed by atoms with Gasteiger partial charge in [0.15, 0.2) is 5.69 Å². The molecule has 0 atom stereocenters. The van der Waals surface area contributed by atoms with Crippen LogP contribution in [0.3, 0.4) is 0 Å². The first-order valence-electron chi connectivity index (χ1n) is 7.04. The number of benzene rings is 1. The topological polar surface area (TPSA) is 95.4 Å². The van der Waals surface area contributed by atoms with Crippen molar-refractivity contribution in [1.29, 1.82) is 0 Å². The number of carbonyl (C=O) groups excluding carboxylic acids is 1. The molecule has 1 fully saturated rings. The summed E-state index contributed by atoms with van der Waals surface area (Å²) < 4.78 is 12.9. The van der Waals surface area contributed by atoms with Gasteiger partial charge in [-0.1, -0.05) is 6.07 Å². The van der Waals surface area contributed by atoms with Crippen molar-refractivity contribution in [2.75, 3.05) is 31.1 Å². The largest absolute Gasteiger partial charge is 0.368 e. The summed E-state index contributed by atoms with van der Waals surface area (Å²) in [6.45, 7) is 1.96. The van der Waals surface area contributed by atoms with E-state index in [0.717, 1.165) is 11.8 Å². The Morgan fingerprint density at radius 2 is 2.00 bits per heavy atom. The second kappa shape index (κ2) is 6.03. The summed E-state index contributed by atoms with van der Waals surface area (Å²) in [6.07, 6.45) is 0. The standard InChI is InChI=1S/C14H14FN5O3/c15-13-9-12(16-17-13)14(21)19-6-4-18(5-7-19)10-2-1-3-11(8-10)20(22)23/h1-3,8-9H,4-7H2,(H,16,17). The second-order valence-electron chi connectivity index (χ2n) is 5.16. The van der Waals surface area contributed by atoms with Crippen LogP contribution in [0.4, 0.5) is 15.8 Å². The molecule has 23 heavy (non-hydrogen) atoms. The van der Waals surface area contributed by atoms with E-state index in [4.69, 9.17) is 0 Å². The molecule has 1 aromatic carbocycles. The number of carbonyl (C=O) groups is 1. The van der Waals surface area contributed by atoms with Gasteiger partial charge in [0.05, 0.1) is 4.92 Å². The molecule has 2 heterocycles. The number of hydrogen-bond donors (Lipinski definition) is 1. The van der Waals surface area contributed by atoms with E-state index in [1.54, 1.807) is 17.0 Å². The Labute approximate surface area is 130 Å². The third-order valence-corrected chi connectivity index (χ3v) is 3.74. The average molecular weight is 319 g/mol. The maximum atomic E-state index is 12.9. The van der Waals surface area contributed by atoms with Crippen LogP contribution in [0.1, 0.15) is 10.5 Å². The number of nitro benzene ring substituents is 1. The average Bonchev–Trinajstić information content (AvgIpc) is 3.01. The molecule has 8 nitrogen and oxygen atoms in total. The molecule has 1 saturated heterocycles. The number of nitrogens with one attached hydrogen (secondary N) is 1. The molecule has 0 spiro atoms. The highest BCUT2D eigenvalue weighted by Crippen LogP contribution is 2.22. The molecule has 0 saturated carbocycles. The third-order valence-electron chi connectivity index (χ3n) is 3.74. The normalized spacial score (nSPS) is 14.8. The summed E-state index contributed by atoms with van der Waals surface area (Å²) in [5.41, 5.74) is 0.830. The maximum Gasteiger partial charge on any atom is 0.274 e. The van der Waals surface area contributed by atoms with Crippen molar-refractivity contribution < 1.29 is 14.1 Å². The highest BCUT2D eigenvalue weighted by Gasteiger charge is 2.24. The van der Waals surface area contributed by atoms with E-state index in [2.05, 4.69) is 10.2 Å². The summed E-state index contributed by atoms with van der Waals surface area (Å²) in [5, 5.41) is 16.6. The molecule has 9 heteroatoms. The Morgan fingerprint density at radius 1 is 1.26 bits per heavy atom. The van der Waals surface area contributed by atoms with Crippen LogP contribution in [0, 0.1) is 16.1 Å². The number of non-ortho nitro benzene ring substituents is 1. The molecular formula is C14H14FN5O3. The molecule has 0 aliphatic carbocycles. The van der Waals surface area contributed by atoms with Crippen molar-refractivity contribution in [1.82, 2.24) is 15.1 Å². The Kier molecular flexibility index (Phi) is 3.92. The molecule has 1 aliphatic heterocycles. The fourth-order valence-corrected chi connectivity index (χ4v) is 2.54. The number of H-pyrrole nitrogens is 1. The first-order chi connectivity index (χ1) is 11.0. The van der Waals surface area contributed by atoms with E-state index in [0.29, 0.717) is 26.2 Å². The fraction of sp³-hybridized carbons (Fsp3) is 0.286. The smallest absolute Gasteiger partial charge is 0.274 e. The summed E-state index contributed by atoms with van der Waals surface area (Å²) in [4.78, 5) is 26.1. The number of halogens is 1. The Bertz CT molecular complexity index is 740. The Hall–Kier alpha value is -2.97. The minimum Gasteiger partial charge on any atom is -0.368 e. The van der Waals surface area contributed by atoms with Crippen LogP contribution in [0.15, 0.2) is 30.3 Å². The minimum atomic E-state index is -0.649. The predicted octanol–water partition coefficient (Wildman–Crippen LogP) is 1.42. The van der Waals surface area contributed by atoms with Crippen molar-refractivity contribution in [3.05, 3.63) is 52.1 Å². The summed E-state index contributed by atoms with van der Waals surface area (Å²) in [6, 6.07) is 7.45. The Morgan fingerprint density at radius 3 is 2.61 bits per heavy atom. The van der Waals surface area contributed by atoms with Gasteiger partial charge in [-0.3, -0.25) is 20.0 Å². The third kappa shape index (κ3) is 3.12. The van der Waals surface area contributed by atoms with E-state index >= 15 is 0 Å². The molecule has 0 radical (unpaired) electrons. The lowest BCUT2D eigenvalue weighted by atomic mass is 10.2. The highest BCUT2D eigenvalue weighted by molar-refractivity contribution is 5.92. The molecule has 1 amide bonds. The van der Waals surface area contributed by atoms with Gasteiger partial charge < -0.3 is 9.80 Å². The van der Waals surface area contributed by atoms with Crippen molar-refractivity contribution in [2.24, 2.45) is 0 Å². The summed E-state index contributed by atoms with van der Waals surface area (Å²) in [7, 11) is 0. The minimum absolute atomic E-state index is 0.0352. The monoisotopic (exact) mass is 319 g/mol. The SMILES string of the molecule is O=C(c1cc(F)[nH]n1)N1CCN(c2cccc([N+](=O)[O-])c2)CC1. The number of nitro groups is 1.